The summed E-state index contributed by atoms with van der Waals surface area (Å²) in [6, 6.07) is 8.15. The third-order valence-electron chi connectivity index (χ3n) is 3.69. The number of nitrogens with one attached hydrogen (secondary N) is 1. The van der Waals surface area contributed by atoms with Crippen LogP contribution in [0.25, 0.3) is 10.9 Å². The van der Waals surface area contributed by atoms with Gasteiger partial charge in [-0.1, -0.05) is 33.6 Å². The molecule has 3 rings (SSSR count). The summed E-state index contributed by atoms with van der Waals surface area (Å²) in [5.74, 6) is 0.141. The standard InChI is InChI=1S/C17H13Br2ClFN3O/c1-24(7-11-13(20)3-2-4-14(11)21)8-15-22-16-10(17(25)23-15)5-9(18)6-12(16)19/h2-6H,7-8H2,1H3,(H,22,23,25). The van der Waals surface area contributed by atoms with Crippen molar-refractivity contribution >= 4 is 54.4 Å². The van der Waals surface area contributed by atoms with Crippen LogP contribution in [0.15, 0.2) is 44.1 Å². The van der Waals surface area contributed by atoms with Crippen molar-refractivity contribution in [2.75, 3.05) is 7.05 Å². The molecule has 0 fully saturated rings. The molecule has 1 aromatic heterocycles. The number of nitrogens with zero attached hydrogens (tertiary/aromatic N) is 2. The molecule has 130 valence electrons. The summed E-state index contributed by atoms with van der Waals surface area (Å²) < 4.78 is 15.4. The predicted octanol–water partition coefficient (Wildman–Crippen LogP) is 4.87. The van der Waals surface area contributed by atoms with Gasteiger partial charge >= 0.3 is 0 Å². The van der Waals surface area contributed by atoms with Gasteiger partial charge in [-0.2, -0.15) is 0 Å². The van der Waals surface area contributed by atoms with Gasteiger partial charge < -0.3 is 4.98 Å². The van der Waals surface area contributed by atoms with E-state index in [0.717, 1.165) is 8.95 Å². The number of rotatable bonds is 4. The second-order valence-corrected chi connectivity index (χ2v) is 7.85. The van der Waals surface area contributed by atoms with E-state index >= 15 is 0 Å². The van der Waals surface area contributed by atoms with Crippen molar-refractivity contribution in [3.8, 4) is 0 Å². The minimum Gasteiger partial charge on any atom is -0.309 e. The average molecular weight is 490 g/mol. The Kier molecular flexibility index (Phi) is 5.58. The molecule has 0 saturated heterocycles. The number of hydrogen-bond acceptors (Lipinski definition) is 3. The van der Waals surface area contributed by atoms with E-state index in [9.17, 15) is 9.18 Å². The summed E-state index contributed by atoms with van der Waals surface area (Å²) in [6.45, 7) is 0.646. The normalized spacial score (nSPS) is 11.4. The Morgan fingerprint density at radius 2 is 2.04 bits per heavy atom. The molecule has 0 bridgehead atoms. The highest BCUT2D eigenvalue weighted by Crippen LogP contribution is 2.25. The topological polar surface area (TPSA) is 49.0 Å². The van der Waals surface area contributed by atoms with Gasteiger partial charge in [0.15, 0.2) is 0 Å². The summed E-state index contributed by atoms with van der Waals surface area (Å²) in [6.07, 6.45) is 0. The van der Waals surface area contributed by atoms with Gasteiger partial charge in [-0.15, -0.1) is 0 Å². The van der Waals surface area contributed by atoms with Crippen molar-refractivity contribution < 1.29 is 4.39 Å². The maximum atomic E-state index is 13.9. The number of aromatic nitrogens is 2. The molecular weight excluding hydrogens is 476 g/mol. The van der Waals surface area contributed by atoms with Crippen molar-refractivity contribution in [3.05, 3.63) is 71.9 Å². The van der Waals surface area contributed by atoms with Crippen molar-refractivity contribution in [1.82, 2.24) is 14.9 Å². The lowest BCUT2D eigenvalue weighted by molar-refractivity contribution is 0.305. The van der Waals surface area contributed by atoms with Crippen LogP contribution < -0.4 is 5.56 Å². The van der Waals surface area contributed by atoms with Crippen LogP contribution in [0.2, 0.25) is 5.02 Å². The molecule has 0 unspecified atom stereocenters. The molecule has 0 spiro atoms. The Balaban J connectivity index is 1.89. The van der Waals surface area contributed by atoms with Crippen LogP contribution in [-0.2, 0) is 13.1 Å². The summed E-state index contributed by atoms with van der Waals surface area (Å²) in [5, 5.41) is 0.865. The zero-order chi connectivity index (χ0) is 18.1. The summed E-state index contributed by atoms with van der Waals surface area (Å²) in [7, 11) is 1.81. The van der Waals surface area contributed by atoms with Gasteiger partial charge in [-0.05, 0) is 47.2 Å². The Labute approximate surface area is 165 Å². The maximum absolute atomic E-state index is 13.9. The van der Waals surface area contributed by atoms with Gasteiger partial charge in [0.25, 0.3) is 5.56 Å². The number of fused-ring (bicyclic) bond motifs is 1. The Morgan fingerprint density at radius 3 is 2.76 bits per heavy atom. The van der Waals surface area contributed by atoms with Gasteiger partial charge in [-0.25, -0.2) is 9.37 Å². The molecule has 4 nitrogen and oxygen atoms in total. The summed E-state index contributed by atoms with van der Waals surface area (Å²) >= 11 is 12.9. The Morgan fingerprint density at radius 1 is 1.28 bits per heavy atom. The van der Waals surface area contributed by atoms with E-state index < -0.39 is 0 Å². The van der Waals surface area contributed by atoms with E-state index in [1.54, 1.807) is 18.2 Å². The minimum atomic E-state index is -0.355. The lowest BCUT2D eigenvalue weighted by Crippen LogP contribution is -2.22. The van der Waals surface area contributed by atoms with Crippen molar-refractivity contribution in [2.24, 2.45) is 0 Å². The second kappa shape index (κ2) is 7.53. The van der Waals surface area contributed by atoms with E-state index in [0.29, 0.717) is 40.4 Å². The molecule has 2 aromatic carbocycles. The van der Waals surface area contributed by atoms with Gasteiger partial charge in [0.2, 0.25) is 0 Å². The van der Waals surface area contributed by atoms with Gasteiger partial charge in [0.1, 0.15) is 11.6 Å². The smallest absolute Gasteiger partial charge is 0.258 e. The fourth-order valence-corrected chi connectivity index (χ4v) is 4.09. The van der Waals surface area contributed by atoms with Crippen LogP contribution >= 0.6 is 43.5 Å². The molecule has 0 saturated carbocycles. The third kappa shape index (κ3) is 4.11. The number of benzene rings is 2. The zero-order valence-electron chi connectivity index (χ0n) is 13.1. The zero-order valence-corrected chi connectivity index (χ0v) is 17.0. The van der Waals surface area contributed by atoms with Crippen LogP contribution in [-0.4, -0.2) is 21.9 Å². The molecule has 1 heterocycles. The second-order valence-electron chi connectivity index (χ2n) is 5.67. The molecule has 25 heavy (non-hydrogen) atoms. The highest BCUT2D eigenvalue weighted by molar-refractivity contribution is 9.11. The molecule has 0 atom stereocenters. The maximum Gasteiger partial charge on any atom is 0.258 e. The van der Waals surface area contributed by atoms with Crippen molar-refractivity contribution in [1.29, 1.82) is 0 Å². The van der Waals surface area contributed by atoms with E-state index in [-0.39, 0.29) is 11.4 Å². The molecule has 0 aliphatic rings. The molecule has 0 radical (unpaired) electrons. The number of H-pyrrole nitrogens is 1. The third-order valence-corrected chi connectivity index (χ3v) is 5.10. The largest absolute Gasteiger partial charge is 0.309 e. The van der Waals surface area contributed by atoms with Crippen LogP contribution in [0.4, 0.5) is 4.39 Å². The van der Waals surface area contributed by atoms with Gasteiger partial charge in [-0.3, -0.25) is 9.69 Å². The summed E-state index contributed by atoms with van der Waals surface area (Å²) in [4.78, 5) is 21.4. The van der Waals surface area contributed by atoms with E-state index in [2.05, 4.69) is 41.8 Å². The molecule has 1 N–H and O–H groups in total. The lowest BCUT2D eigenvalue weighted by atomic mass is 10.2. The quantitative estimate of drug-likeness (QED) is 0.569. The molecule has 0 amide bonds. The van der Waals surface area contributed by atoms with Crippen LogP contribution in [0.3, 0.4) is 0 Å². The first-order valence-electron chi connectivity index (χ1n) is 7.34. The highest BCUT2D eigenvalue weighted by atomic mass is 79.9. The molecule has 0 aliphatic heterocycles. The number of hydrogen-bond donors (Lipinski definition) is 1. The fourth-order valence-electron chi connectivity index (χ4n) is 2.55. The first-order chi connectivity index (χ1) is 11.8. The number of aromatic amines is 1. The minimum absolute atomic E-state index is 0.223. The molecule has 8 heteroatoms. The van der Waals surface area contributed by atoms with Gasteiger partial charge in [0.05, 0.1) is 17.4 Å². The molecule has 3 aromatic rings. The Hall–Kier alpha value is -1.28. The van der Waals surface area contributed by atoms with Crippen molar-refractivity contribution in [3.63, 3.8) is 0 Å². The lowest BCUT2D eigenvalue weighted by Gasteiger charge is -2.17. The summed E-state index contributed by atoms with van der Waals surface area (Å²) in [5.41, 5.74) is 0.776. The average Bonchev–Trinajstić information content (AvgIpc) is 2.52. The van der Waals surface area contributed by atoms with Crippen LogP contribution in [0, 0.1) is 5.82 Å². The van der Waals surface area contributed by atoms with Crippen LogP contribution in [0.1, 0.15) is 11.4 Å². The highest BCUT2D eigenvalue weighted by Gasteiger charge is 2.13. The van der Waals surface area contributed by atoms with E-state index in [1.807, 2.05) is 18.0 Å². The fraction of sp³-hybridized carbons (Fsp3) is 0.176. The van der Waals surface area contributed by atoms with E-state index in [1.165, 1.54) is 6.07 Å². The number of halogens is 4. The van der Waals surface area contributed by atoms with Gasteiger partial charge in [0, 0.05) is 26.1 Å². The predicted molar refractivity (Wildman–Crippen MR) is 104 cm³/mol. The van der Waals surface area contributed by atoms with Crippen molar-refractivity contribution in [2.45, 2.75) is 13.1 Å². The first kappa shape index (κ1) is 18.5. The Bertz CT molecular complexity index is 989. The monoisotopic (exact) mass is 487 g/mol. The molecule has 0 aliphatic carbocycles. The first-order valence-corrected chi connectivity index (χ1v) is 9.31. The SMILES string of the molecule is CN(Cc1nc2c(Br)cc(Br)cc2c(=O)[nH]1)Cc1c(F)cccc1Cl. The van der Waals surface area contributed by atoms with E-state index in [4.69, 9.17) is 11.6 Å². The molecular formula is C17H13Br2ClFN3O. The van der Waals surface area contributed by atoms with Crippen LogP contribution in [0.5, 0.6) is 0 Å².